The second-order valence-electron chi connectivity index (χ2n) is 3.25. The molecule has 0 aromatic heterocycles. The molecule has 0 spiro atoms. The van der Waals surface area contributed by atoms with E-state index in [1.165, 1.54) is 0 Å². The van der Waals surface area contributed by atoms with Gasteiger partial charge in [-0.05, 0) is 36.9 Å². The number of hydrogen-bond acceptors (Lipinski definition) is 3. The van der Waals surface area contributed by atoms with Crippen LogP contribution in [0.3, 0.4) is 0 Å². The van der Waals surface area contributed by atoms with E-state index >= 15 is 0 Å². The third kappa shape index (κ3) is 3.95. The Morgan fingerprint density at radius 1 is 1.44 bits per heavy atom. The molecular weight excluding hydrogens is 220 g/mol. The number of hydrogen-bond donors (Lipinski definition) is 1. The molecule has 1 rings (SSSR count). The maximum absolute atomic E-state index is 11.6. The van der Waals surface area contributed by atoms with Gasteiger partial charge in [-0.25, -0.2) is 0 Å². The van der Waals surface area contributed by atoms with Crippen molar-refractivity contribution in [2.45, 2.75) is 17.7 Å². The first-order chi connectivity index (χ1) is 7.77. The average molecular weight is 234 g/mol. The number of benzene rings is 1. The number of amides is 1. The minimum atomic E-state index is -0.0782. The summed E-state index contributed by atoms with van der Waals surface area (Å²) in [5, 5.41) is 11.1. The lowest BCUT2D eigenvalue weighted by Crippen LogP contribution is -2.24. The Morgan fingerprint density at radius 2 is 2.12 bits per heavy atom. The molecule has 84 valence electrons. The van der Waals surface area contributed by atoms with Crippen molar-refractivity contribution in [1.82, 2.24) is 5.32 Å². The Hall–Kier alpha value is -1.47. The van der Waals surface area contributed by atoms with Crippen molar-refractivity contribution in [1.29, 1.82) is 5.26 Å². The molecule has 4 heteroatoms. The molecule has 0 aliphatic rings. The summed E-state index contributed by atoms with van der Waals surface area (Å²) in [7, 11) is 0. The molecule has 0 bridgehead atoms. The number of nitriles is 1. The molecule has 0 saturated carbocycles. The predicted octanol–water partition coefficient (Wildman–Crippen LogP) is 2.44. The summed E-state index contributed by atoms with van der Waals surface area (Å²) >= 11 is 1.65. The Bertz CT molecular complexity index is 381. The second kappa shape index (κ2) is 6.91. The van der Waals surface area contributed by atoms with Gasteiger partial charge < -0.3 is 5.32 Å². The van der Waals surface area contributed by atoms with Crippen molar-refractivity contribution in [2.75, 3.05) is 12.8 Å². The van der Waals surface area contributed by atoms with E-state index in [4.69, 9.17) is 5.26 Å². The van der Waals surface area contributed by atoms with Gasteiger partial charge in [-0.3, -0.25) is 4.79 Å². The van der Waals surface area contributed by atoms with Gasteiger partial charge in [0.05, 0.1) is 6.07 Å². The molecule has 0 atom stereocenters. The van der Waals surface area contributed by atoms with Crippen LogP contribution in [0.4, 0.5) is 0 Å². The zero-order chi connectivity index (χ0) is 11.8. The van der Waals surface area contributed by atoms with Gasteiger partial charge in [0.15, 0.2) is 0 Å². The Labute approximate surface area is 99.8 Å². The molecular formula is C12H14N2OS. The Kier molecular flexibility index (Phi) is 5.44. The summed E-state index contributed by atoms with van der Waals surface area (Å²) in [5.41, 5.74) is 0.662. The zero-order valence-electron chi connectivity index (χ0n) is 9.19. The molecule has 1 aromatic rings. The fourth-order valence-electron chi connectivity index (χ4n) is 1.21. The van der Waals surface area contributed by atoms with Gasteiger partial charge in [0.25, 0.3) is 5.91 Å². The molecule has 0 heterocycles. The number of carbonyl (C=O) groups excluding carboxylic acids is 1. The van der Waals surface area contributed by atoms with Crippen LogP contribution in [0.1, 0.15) is 23.2 Å². The highest BCUT2D eigenvalue weighted by Crippen LogP contribution is 2.14. The second-order valence-corrected chi connectivity index (χ2v) is 4.13. The van der Waals surface area contributed by atoms with Gasteiger partial charge in [-0.1, -0.05) is 0 Å². The SMILES string of the molecule is CSc1ccc(C(=O)NCCCC#N)cc1. The summed E-state index contributed by atoms with van der Waals surface area (Å²) in [6.45, 7) is 0.552. The number of carbonyl (C=O) groups is 1. The first-order valence-corrected chi connectivity index (χ1v) is 6.29. The van der Waals surface area contributed by atoms with Crippen LogP contribution in [0.2, 0.25) is 0 Å². The molecule has 16 heavy (non-hydrogen) atoms. The topological polar surface area (TPSA) is 52.9 Å². The number of unbranched alkanes of at least 4 members (excludes halogenated alkanes) is 1. The smallest absolute Gasteiger partial charge is 0.251 e. The van der Waals surface area contributed by atoms with E-state index in [0.29, 0.717) is 24.9 Å². The van der Waals surface area contributed by atoms with Crippen molar-refractivity contribution in [3.8, 4) is 6.07 Å². The van der Waals surface area contributed by atoms with Crippen LogP contribution in [0, 0.1) is 11.3 Å². The molecule has 1 N–H and O–H groups in total. The summed E-state index contributed by atoms with van der Waals surface area (Å²) in [6, 6.07) is 9.52. The molecule has 0 aliphatic carbocycles. The van der Waals surface area contributed by atoms with E-state index in [-0.39, 0.29) is 5.91 Å². The van der Waals surface area contributed by atoms with Crippen molar-refractivity contribution in [3.05, 3.63) is 29.8 Å². The van der Waals surface area contributed by atoms with Crippen LogP contribution in [0.5, 0.6) is 0 Å². The van der Waals surface area contributed by atoms with Gasteiger partial charge in [0.1, 0.15) is 0 Å². The quantitative estimate of drug-likeness (QED) is 0.629. The van der Waals surface area contributed by atoms with Crippen molar-refractivity contribution < 1.29 is 4.79 Å². The van der Waals surface area contributed by atoms with Crippen LogP contribution >= 0.6 is 11.8 Å². The van der Waals surface area contributed by atoms with Crippen molar-refractivity contribution >= 4 is 17.7 Å². The number of rotatable bonds is 5. The van der Waals surface area contributed by atoms with Crippen LogP contribution in [-0.4, -0.2) is 18.7 Å². The van der Waals surface area contributed by atoms with Crippen LogP contribution in [-0.2, 0) is 0 Å². The molecule has 1 aromatic carbocycles. The van der Waals surface area contributed by atoms with Crippen LogP contribution < -0.4 is 5.32 Å². The maximum Gasteiger partial charge on any atom is 0.251 e. The summed E-state index contributed by atoms with van der Waals surface area (Å²) < 4.78 is 0. The largest absolute Gasteiger partial charge is 0.352 e. The number of nitrogens with zero attached hydrogens (tertiary/aromatic N) is 1. The van der Waals surface area contributed by atoms with E-state index in [0.717, 1.165) is 4.90 Å². The van der Waals surface area contributed by atoms with E-state index in [1.807, 2.05) is 36.6 Å². The van der Waals surface area contributed by atoms with Gasteiger partial charge in [-0.15, -0.1) is 11.8 Å². The summed E-state index contributed by atoms with van der Waals surface area (Å²) in [5.74, 6) is -0.0782. The maximum atomic E-state index is 11.6. The minimum Gasteiger partial charge on any atom is -0.352 e. The molecule has 0 saturated heterocycles. The van der Waals surface area contributed by atoms with Crippen LogP contribution in [0.15, 0.2) is 29.2 Å². The molecule has 0 fully saturated rings. The standard InChI is InChI=1S/C12H14N2OS/c1-16-11-6-4-10(5-7-11)12(15)14-9-3-2-8-13/h4-7H,2-3,9H2,1H3,(H,14,15). The van der Waals surface area contributed by atoms with Gasteiger partial charge in [-0.2, -0.15) is 5.26 Å². The lowest BCUT2D eigenvalue weighted by Gasteiger charge is -2.04. The molecule has 0 radical (unpaired) electrons. The van der Waals surface area contributed by atoms with E-state index < -0.39 is 0 Å². The summed E-state index contributed by atoms with van der Waals surface area (Å²) in [4.78, 5) is 12.7. The van der Waals surface area contributed by atoms with E-state index in [1.54, 1.807) is 11.8 Å². The van der Waals surface area contributed by atoms with Crippen molar-refractivity contribution in [2.24, 2.45) is 0 Å². The molecule has 1 amide bonds. The fourth-order valence-corrected chi connectivity index (χ4v) is 1.62. The normalized spacial score (nSPS) is 9.50. The minimum absolute atomic E-state index is 0.0782. The monoisotopic (exact) mass is 234 g/mol. The third-order valence-corrected chi connectivity index (χ3v) is 2.85. The lowest BCUT2D eigenvalue weighted by molar-refractivity contribution is 0.0953. The molecule has 0 aliphatic heterocycles. The van der Waals surface area contributed by atoms with E-state index in [9.17, 15) is 4.79 Å². The van der Waals surface area contributed by atoms with Gasteiger partial charge in [0.2, 0.25) is 0 Å². The Balaban J connectivity index is 2.44. The van der Waals surface area contributed by atoms with Gasteiger partial charge in [0, 0.05) is 23.4 Å². The first kappa shape index (κ1) is 12.6. The number of nitrogens with one attached hydrogen (secondary N) is 1. The predicted molar refractivity (Wildman–Crippen MR) is 65.4 cm³/mol. The highest BCUT2D eigenvalue weighted by atomic mass is 32.2. The highest BCUT2D eigenvalue weighted by molar-refractivity contribution is 7.98. The van der Waals surface area contributed by atoms with Crippen molar-refractivity contribution in [3.63, 3.8) is 0 Å². The lowest BCUT2D eigenvalue weighted by atomic mass is 10.2. The average Bonchev–Trinajstić information content (AvgIpc) is 2.34. The van der Waals surface area contributed by atoms with E-state index in [2.05, 4.69) is 5.32 Å². The van der Waals surface area contributed by atoms with Crippen LogP contribution in [0.25, 0.3) is 0 Å². The Morgan fingerprint density at radius 3 is 2.69 bits per heavy atom. The molecule has 0 unspecified atom stereocenters. The third-order valence-electron chi connectivity index (χ3n) is 2.10. The summed E-state index contributed by atoms with van der Waals surface area (Å²) in [6.07, 6.45) is 3.17. The fraction of sp³-hybridized carbons (Fsp3) is 0.333. The molecule has 3 nitrogen and oxygen atoms in total. The van der Waals surface area contributed by atoms with Gasteiger partial charge >= 0.3 is 0 Å². The zero-order valence-corrected chi connectivity index (χ0v) is 10.0. The highest BCUT2D eigenvalue weighted by Gasteiger charge is 2.03. The first-order valence-electron chi connectivity index (χ1n) is 5.07. The number of thioether (sulfide) groups is 1.